The molecule has 1 saturated heterocycles. The molecule has 108 valence electrons. The van der Waals surface area contributed by atoms with E-state index in [0.717, 1.165) is 17.5 Å². The molecule has 1 fully saturated rings. The molecule has 2 atom stereocenters. The molecule has 1 aromatic carbocycles. The van der Waals surface area contributed by atoms with Gasteiger partial charge in [0.25, 0.3) is 0 Å². The summed E-state index contributed by atoms with van der Waals surface area (Å²) in [6, 6.07) is 4.48. The van der Waals surface area contributed by atoms with Crippen molar-refractivity contribution >= 4 is 11.9 Å². The fourth-order valence-corrected chi connectivity index (χ4v) is 2.48. The molecule has 1 aromatic rings. The van der Waals surface area contributed by atoms with Crippen molar-refractivity contribution in [3.63, 3.8) is 0 Å². The first kappa shape index (κ1) is 14.5. The van der Waals surface area contributed by atoms with Gasteiger partial charge >= 0.3 is 5.97 Å². The molecule has 0 saturated carbocycles. The van der Waals surface area contributed by atoms with Crippen molar-refractivity contribution in [3.05, 3.63) is 34.9 Å². The lowest BCUT2D eigenvalue weighted by molar-refractivity contribution is -0.143. The molecule has 0 bridgehead atoms. The van der Waals surface area contributed by atoms with Crippen LogP contribution in [0, 0.1) is 13.8 Å². The minimum absolute atomic E-state index is 0.353. The Hall–Kier alpha value is -1.88. The van der Waals surface area contributed by atoms with E-state index in [4.69, 9.17) is 4.74 Å². The van der Waals surface area contributed by atoms with E-state index in [-0.39, 0.29) is 5.91 Å². The maximum atomic E-state index is 12.0. The molecule has 1 aliphatic heterocycles. The Kier molecular flexibility index (Phi) is 4.39. The van der Waals surface area contributed by atoms with Crippen molar-refractivity contribution in [1.29, 1.82) is 0 Å². The van der Waals surface area contributed by atoms with E-state index in [0.29, 0.717) is 18.6 Å². The van der Waals surface area contributed by atoms with Crippen molar-refractivity contribution in [2.75, 3.05) is 6.61 Å². The van der Waals surface area contributed by atoms with Gasteiger partial charge in [-0.3, -0.25) is 4.79 Å². The molecule has 5 nitrogen and oxygen atoms in total. The van der Waals surface area contributed by atoms with E-state index in [2.05, 4.69) is 5.32 Å². The zero-order chi connectivity index (χ0) is 14.7. The van der Waals surface area contributed by atoms with Gasteiger partial charge in [-0.25, -0.2) is 4.79 Å². The molecule has 1 unspecified atom stereocenters. The van der Waals surface area contributed by atoms with Gasteiger partial charge in [0.1, 0.15) is 6.10 Å². The summed E-state index contributed by atoms with van der Waals surface area (Å²) in [6.45, 7) is 4.36. The molecule has 2 rings (SSSR count). The Morgan fingerprint density at radius 3 is 2.45 bits per heavy atom. The minimum Gasteiger partial charge on any atom is -0.479 e. The summed E-state index contributed by atoms with van der Waals surface area (Å²) in [7, 11) is 0. The Labute approximate surface area is 117 Å². The third-order valence-corrected chi connectivity index (χ3v) is 3.33. The number of nitrogens with one attached hydrogen (secondary N) is 1. The van der Waals surface area contributed by atoms with Crippen LogP contribution in [0.15, 0.2) is 18.2 Å². The summed E-state index contributed by atoms with van der Waals surface area (Å²) in [5.74, 6) is -1.42. The summed E-state index contributed by atoms with van der Waals surface area (Å²) >= 11 is 0. The summed E-state index contributed by atoms with van der Waals surface area (Å²) in [5.41, 5.74) is 2.52. The number of rotatable bonds is 4. The molecule has 1 amide bonds. The number of benzene rings is 1. The van der Waals surface area contributed by atoms with Gasteiger partial charge in [-0.15, -0.1) is 0 Å². The predicted molar refractivity (Wildman–Crippen MR) is 73.4 cm³/mol. The lowest BCUT2D eigenvalue weighted by Gasteiger charge is -2.18. The number of carbonyl (C=O) groups excluding carboxylic acids is 1. The molecule has 0 aromatic heterocycles. The van der Waals surface area contributed by atoms with E-state index < -0.39 is 18.1 Å². The third-order valence-electron chi connectivity index (χ3n) is 3.33. The average Bonchev–Trinajstić information content (AvgIpc) is 2.87. The monoisotopic (exact) mass is 277 g/mol. The van der Waals surface area contributed by atoms with Crippen LogP contribution in [0.4, 0.5) is 0 Å². The van der Waals surface area contributed by atoms with Crippen LogP contribution in [0.25, 0.3) is 0 Å². The summed E-state index contributed by atoms with van der Waals surface area (Å²) < 4.78 is 5.27. The molecule has 0 radical (unpaired) electrons. The molecule has 2 N–H and O–H groups in total. The second-order valence-corrected chi connectivity index (χ2v) is 5.20. The average molecular weight is 277 g/mol. The van der Waals surface area contributed by atoms with Gasteiger partial charge in [0.05, 0.1) is 0 Å². The van der Waals surface area contributed by atoms with Gasteiger partial charge in [0, 0.05) is 6.61 Å². The van der Waals surface area contributed by atoms with Gasteiger partial charge in [-0.1, -0.05) is 29.3 Å². The van der Waals surface area contributed by atoms with Crippen LogP contribution in [-0.2, 0) is 14.3 Å². The molecular weight excluding hydrogens is 258 g/mol. The molecule has 0 aliphatic carbocycles. The Bertz CT molecular complexity index is 500. The molecule has 5 heteroatoms. The van der Waals surface area contributed by atoms with Gasteiger partial charge in [0.15, 0.2) is 6.04 Å². The normalized spacial score (nSPS) is 19.6. The molecule has 20 heavy (non-hydrogen) atoms. The van der Waals surface area contributed by atoms with Crippen LogP contribution >= 0.6 is 0 Å². The molecular formula is C15H19NO4. The maximum Gasteiger partial charge on any atom is 0.330 e. The van der Waals surface area contributed by atoms with Crippen molar-refractivity contribution in [2.45, 2.75) is 38.8 Å². The second kappa shape index (κ2) is 6.05. The SMILES string of the molecule is Cc1cc(C)cc(C(NC(=O)[C@@H]2CCCO2)C(=O)O)c1. The fraction of sp³-hybridized carbons (Fsp3) is 0.467. The number of hydrogen-bond acceptors (Lipinski definition) is 3. The highest BCUT2D eigenvalue weighted by Crippen LogP contribution is 2.19. The van der Waals surface area contributed by atoms with Gasteiger partial charge in [-0.2, -0.15) is 0 Å². The third kappa shape index (κ3) is 3.36. The van der Waals surface area contributed by atoms with Crippen LogP contribution in [-0.4, -0.2) is 29.7 Å². The smallest absolute Gasteiger partial charge is 0.330 e. The highest BCUT2D eigenvalue weighted by Gasteiger charge is 2.29. The predicted octanol–water partition coefficient (Wildman–Crippen LogP) is 1.72. The first-order valence-electron chi connectivity index (χ1n) is 6.70. The molecule has 1 heterocycles. The van der Waals surface area contributed by atoms with E-state index in [1.54, 1.807) is 12.1 Å². The number of carboxylic acid groups (broad SMARTS) is 1. The van der Waals surface area contributed by atoms with Gasteiger partial charge in [-0.05, 0) is 32.3 Å². The fourth-order valence-electron chi connectivity index (χ4n) is 2.48. The first-order valence-corrected chi connectivity index (χ1v) is 6.70. The van der Waals surface area contributed by atoms with Crippen LogP contribution in [0.3, 0.4) is 0 Å². The highest BCUT2D eigenvalue weighted by molar-refractivity contribution is 5.87. The molecule has 1 aliphatic rings. The molecule has 0 spiro atoms. The highest BCUT2D eigenvalue weighted by atomic mass is 16.5. The lowest BCUT2D eigenvalue weighted by atomic mass is 10.0. The minimum atomic E-state index is -1.07. The van der Waals surface area contributed by atoms with E-state index in [9.17, 15) is 14.7 Å². The van der Waals surface area contributed by atoms with Gasteiger partial charge < -0.3 is 15.2 Å². The Morgan fingerprint density at radius 2 is 1.95 bits per heavy atom. The Balaban J connectivity index is 2.18. The van der Waals surface area contributed by atoms with Crippen LogP contribution in [0.1, 0.15) is 35.6 Å². The van der Waals surface area contributed by atoms with E-state index in [1.807, 2.05) is 19.9 Å². The summed E-state index contributed by atoms with van der Waals surface area (Å²) in [5, 5.41) is 11.9. The van der Waals surface area contributed by atoms with E-state index >= 15 is 0 Å². The number of aliphatic carboxylic acids is 1. The number of hydrogen-bond donors (Lipinski definition) is 2. The van der Waals surface area contributed by atoms with E-state index in [1.165, 1.54) is 0 Å². The maximum absolute atomic E-state index is 12.0. The van der Waals surface area contributed by atoms with Crippen LogP contribution < -0.4 is 5.32 Å². The number of ether oxygens (including phenoxy) is 1. The number of carbonyl (C=O) groups is 2. The van der Waals surface area contributed by atoms with Crippen LogP contribution in [0.5, 0.6) is 0 Å². The Morgan fingerprint density at radius 1 is 1.30 bits per heavy atom. The zero-order valence-corrected chi connectivity index (χ0v) is 11.7. The zero-order valence-electron chi connectivity index (χ0n) is 11.7. The summed E-state index contributed by atoms with van der Waals surface area (Å²) in [4.78, 5) is 23.4. The topological polar surface area (TPSA) is 75.6 Å². The number of carboxylic acids is 1. The van der Waals surface area contributed by atoms with Gasteiger partial charge in [0.2, 0.25) is 5.91 Å². The van der Waals surface area contributed by atoms with Crippen molar-refractivity contribution in [2.24, 2.45) is 0 Å². The van der Waals surface area contributed by atoms with Crippen molar-refractivity contribution in [1.82, 2.24) is 5.32 Å². The first-order chi connectivity index (χ1) is 9.47. The number of aryl methyl sites for hydroxylation is 2. The standard InChI is InChI=1S/C15H19NO4/c1-9-6-10(2)8-11(7-9)13(15(18)19)16-14(17)12-4-3-5-20-12/h6-8,12-13H,3-5H2,1-2H3,(H,16,17)(H,18,19)/t12-,13?/m0/s1. The van der Waals surface area contributed by atoms with Crippen LogP contribution in [0.2, 0.25) is 0 Å². The lowest BCUT2D eigenvalue weighted by Crippen LogP contribution is -2.40. The van der Waals surface area contributed by atoms with Crippen molar-refractivity contribution < 1.29 is 19.4 Å². The second-order valence-electron chi connectivity index (χ2n) is 5.20. The number of amides is 1. The largest absolute Gasteiger partial charge is 0.479 e. The van der Waals surface area contributed by atoms with Crippen molar-refractivity contribution in [3.8, 4) is 0 Å². The quantitative estimate of drug-likeness (QED) is 0.878. The summed E-state index contributed by atoms with van der Waals surface area (Å²) in [6.07, 6.45) is 0.951.